The lowest BCUT2D eigenvalue weighted by molar-refractivity contribution is -0.0779. The molecule has 0 spiro atoms. The van der Waals surface area contributed by atoms with Gasteiger partial charge in [0.05, 0.1) is 11.3 Å². The van der Waals surface area contributed by atoms with E-state index < -0.39 is 5.60 Å². The van der Waals surface area contributed by atoms with E-state index in [-0.39, 0.29) is 16.6 Å². The third kappa shape index (κ3) is 3.16. The van der Waals surface area contributed by atoms with Gasteiger partial charge < -0.3 is 10.2 Å². The number of rotatable bonds is 3. The van der Waals surface area contributed by atoms with E-state index >= 15 is 0 Å². The van der Waals surface area contributed by atoms with Crippen molar-refractivity contribution in [2.75, 3.05) is 0 Å². The predicted molar refractivity (Wildman–Crippen MR) is 94.1 cm³/mol. The number of aromatic nitrogens is 2. The molecule has 0 bridgehead atoms. The maximum atomic E-state index is 10.4. The van der Waals surface area contributed by atoms with Crippen molar-refractivity contribution in [1.29, 1.82) is 0 Å². The van der Waals surface area contributed by atoms with Crippen LogP contribution >= 0.6 is 0 Å². The Kier molecular flexibility index (Phi) is 3.91. The van der Waals surface area contributed by atoms with Gasteiger partial charge in [-0.2, -0.15) is 0 Å². The topological polar surface area (TPSA) is 66.2 Å². The molecular formula is C20H26N2O2. The molecule has 0 amide bonds. The lowest BCUT2D eigenvalue weighted by atomic mass is 9.56. The number of nitrogens with zero attached hydrogens (tertiary/aromatic N) is 2. The van der Waals surface area contributed by atoms with Gasteiger partial charge in [-0.05, 0) is 55.0 Å². The fraction of sp³-hybridized carbons (Fsp3) is 0.500. The quantitative estimate of drug-likeness (QED) is 0.906. The average Bonchev–Trinajstić information content (AvgIpc) is 2.47. The van der Waals surface area contributed by atoms with Crippen LogP contribution in [0.3, 0.4) is 0 Å². The Balaban J connectivity index is 2.00. The summed E-state index contributed by atoms with van der Waals surface area (Å²) >= 11 is 0. The third-order valence-corrected chi connectivity index (χ3v) is 4.98. The second kappa shape index (κ2) is 5.55. The zero-order valence-electron chi connectivity index (χ0n) is 14.9. The van der Waals surface area contributed by atoms with Crippen LogP contribution in [-0.2, 0) is 17.3 Å². The number of pyridine rings is 2. The maximum Gasteiger partial charge on any atom is 0.137 e. The molecule has 0 unspecified atom stereocenters. The van der Waals surface area contributed by atoms with Crippen molar-refractivity contribution in [3.63, 3.8) is 0 Å². The normalized spacial score (nSPS) is 26.9. The van der Waals surface area contributed by atoms with Crippen molar-refractivity contribution in [3.05, 3.63) is 53.6 Å². The SMILES string of the molecule is CC1(O)CC(Cc2ncccc2O)(c2cc(C(C)(C)C)ccn2)C1. The molecule has 1 saturated carbocycles. The summed E-state index contributed by atoms with van der Waals surface area (Å²) in [4.78, 5) is 8.95. The van der Waals surface area contributed by atoms with Gasteiger partial charge in [0.2, 0.25) is 0 Å². The fourth-order valence-corrected chi connectivity index (χ4v) is 3.88. The van der Waals surface area contributed by atoms with Crippen LogP contribution in [0.25, 0.3) is 0 Å². The van der Waals surface area contributed by atoms with E-state index in [9.17, 15) is 10.2 Å². The first-order valence-corrected chi connectivity index (χ1v) is 8.44. The Labute approximate surface area is 143 Å². The summed E-state index contributed by atoms with van der Waals surface area (Å²) in [5.41, 5.74) is 1.93. The summed E-state index contributed by atoms with van der Waals surface area (Å²) in [6, 6.07) is 7.58. The van der Waals surface area contributed by atoms with Gasteiger partial charge in [0.1, 0.15) is 5.75 Å². The molecule has 2 aromatic rings. The molecule has 1 aliphatic carbocycles. The van der Waals surface area contributed by atoms with Crippen LogP contribution in [0.2, 0.25) is 0 Å². The van der Waals surface area contributed by atoms with Gasteiger partial charge in [0.25, 0.3) is 0 Å². The Morgan fingerprint density at radius 1 is 1.12 bits per heavy atom. The zero-order valence-corrected chi connectivity index (χ0v) is 14.9. The van der Waals surface area contributed by atoms with Crippen molar-refractivity contribution in [2.24, 2.45) is 0 Å². The van der Waals surface area contributed by atoms with Crippen molar-refractivity contribution in [2.45, 2.75) is 63.4 Å². The molecule has 4 nitrogen and oxygen atoms in total. The van der Waals surface area contributed by atoms with Crippen molar-refractivity contribution >= 4 is 0 Å². The van der Waals surface area contributed by atoms with E-state index in [1.165, 1.54) is 5.56 Å². The predicted octanol–water partition coefficient (Wildman–Crippen LogP) is 3.51. The molecular weight excluding hydrogens is 300 g/mol. The first-order chi connectivity index (χ1) is 11.1. The highest BCUT2D eigenvalue weighted by Gasteiger charge is 2.53. The maximum absolute atomic E-state index is 10.4. The highest BCUT2D eigenvalue weighted by Crippen LogP contribution is 2.52. The minimum absolute atomic E-state index is 0.0400. The van der Waals surface area contributed by atoms with E-state index in [4.69, 9.17) is 0 Å². The standard InChI is InChI=1S/C20H26N2O2/c1-18(2,3)14-7-9-22-17(10-14)20(12-19(4,24)13-20)11-15-16(23)6-5-8-21-15/h5-10,23-24H,11-13H2,1-4H3. The second-order valence-electron chi connectivity index (χ2n) is 8.46. The number of hydrogen-bond donors (Lipinski definition) is 2. The van der Waals surface area contributed by atoms with E-state index in [0.29, 0.717) is 25.0 Å². The second-order valence-corrected chi connectivity index (χ2v) is 8.46. The van der Waals surface area contributed by atoms with Gasteiger partial charge >= 0.3 is 0 Å². The lowest BCUT2D eigenvalue weighted by Crippen LogP contribution is -2.54. The lowest BCUT2D eigenvalue weighted by Gasteiger charge is -2.51. The van der Waals surface area contributed by atoms with Crippen molar-refractivity contribution < 1.29 is 10.2 Å². The summed E-state index contributed by atoms with van der Waals surface area (Å²) in [5.74, 6) is 0.204. The summed E-state index contributed by atoms with van der Waals surface area (Å²) in [5, 5.41) is 20.5. The van der Waals surface area contributed by atoms with Gasteiger partial charge in [0, 0.05) is 29.9 Å². The average molecular weight is 326 g/mol. The summed E-state index contributed by atoms with van der Waals surface area (Å²) in [7, 11) is 0. The van der Waals surface area contributed by atoms with Gasteiger partial charge in [0.15, 0.2) is 0 Å². The van der Waals surface area contributed by atoms with Gasteiger partial charge in [-0.15, -0.1) is 0 Å². The van der Waals surface area contributed by atoms with Crippen molar-refractivity contribution in [3.8, 4) is 5.75 Å². The third-order valence-electron chi connectivity index (χ3n) is 4.98. The van der Waals surface area contributed by atoms with Gasteiger partial charge in [-0.3, -0.25) is 9.97 Å². The minimum Gasteiger partial charge on any atom is -0.506 e. The fourth-order valence-electron chi connectivity index (χ4n) is 3.88. The van der Waals surface area contributed by atoms with Gasteiger partial charge in [-0.1, -0.05) is 20.8 Å². The highest BCUT2D eigenvalue weighted by molar-refractivity contribution is 5.36. The first kappa shape index (κ1) is 16.9. The monoisotopic (exact) mass is 326 g/mol. The van der Waals surface area contributed by atoms with Crippen LogP contribution in [0.4, 0.5) is 0 Å². The highest BCUT2D eigenvalue weighted by atomic mass is 16.3. The van der Waals surface area contributed by atoms with Crippen LogP contribution in [0.15, 0.2) is 36.7 Å². The van der Waals surface area contributed by atoms with E-state index in [1.54, 1.807) is 18.3 Å². The molecule has 3 rings (SSSR count). The Morgan fingerprint density at radius 2 is 1.83 bits per heavy atom. The smallest absolute Gasteiger partial charge is 0.137 e. The molecule has 1 fully saturated rings. The molecule has 2 heterocycles. The summed E-state index contributed by atoms with van der Waals surface area (Å²) < 4.78 is 0. The van der Waals surface area contributed by atoms with Crippen LogP contribution < -0.4 is 0 Å². The molecule has 0 aliphatic heterocycles. The molecule has 0 saturated heterocycles. The number of aliphatic hydroxyl groups is 1. The van der Waals surface area contributed by atoms with E-state index in [0.717, 1.165) is 5.69 Å². The Morgan fingerprint density at radius 3 is 2.42 bits per heavy atom. The molecule has 4 heteroatoms. The molecule has 1 aliphatic rings. The minimum atomic E-state index is -0.691. The van der Waals surface area contributed by atoms with Crippen LogP contribution in [0.1, 0.15) is 57.5 Å². The first-order valence-electron chi connectivity index (χ1n) is 8.44. The van der Waals surface area contributed by atoms with Gasteiger partial charge in [-0.25, -0.2) is 0 Å². The molecule has 0 aromatic carbocycles. The zero-order chi connectivity index (χ0) is 17.6. The van der Waals surface area contributed by atoms with Crippen LogP contribution in [0, 0.1) is 0 Å². The van der Waals surface area contributed by atoms with Crippen molar-refractivity contribution in [1.82, 2.24) is 9.97 Å². The molecule has 2 aromatic heterocycles. The molecule has 0 radical (unpaired) electrons. The number of hydrogen-bond acceptors (Lipinski definition) is 4. The molecule has 2 N–H and O–H groups in total. The largest absolute Gasteiger partial charge is 0.506 e. The van der Waals surface area contributed by atoms with Crippen LogP contribution in [-0.4, -0.2) is 25.8 Å². The Hall–Kier alpha value is -1.94. The molecule has 0 atom stereocenters. The molecule has 128 valence electrons. The summed E-state index contributed by atoms with van der Waals surface area (Å²) in [6.07, 6.45) is 5.37. The molecule has 24 heavy (non-hydrogen) atoms. The van der Waals surface area contributed by atoms with Crippen LogP contribution in [0.5, 0.6) is 5.75 Å². The summed E-state index contributed by atoms with van der Waals surface area (Å²) in [6.45, 7) is 8.40. The number of aromatic hydroxyl groups is 1. The van der Waals surface area contributed by atoms with E-state index in [2.05, 4.69) is 36.8 Å². The van der Waals surface area contributed by atoms with E-state index in [1.807, 2.05) is 19.2 Å². The Bertz CT molecular complexity index is 739.